The fraction of sp³-hybridized carbons (Fsp3) is 0.200. The predicted molar refractivity (Wildman–Crippen MR) is 122 cm³/mol. The molecule has 1 atom stereocenters. The lowest BCUT2D eigenvalue weighted by atomic mass is 10.1. The van der Waals surface area contributed by atoms with Gasteiger partial charge in [0.05, 0.1) is 38.8 Å². The molecule has 0 spiro atoms. The average molecular weight is 504 g/mol. The smallest absolute Gasteiger partial charge is 0.304 e. The number of hydrogen-bond donors (Lipinski definition) is 2. The van der Waals surface area contributed by atoms with Crippen LogP contribution in [0.2, 0.25) is 0 Å². The van der Waals surface area contributed by atoms with E-state index >= 15 is 0 Å². The molecule has 0 bridgehead atoms. The summed E-state index contributed by atoms with van der Waals surface area (Å²) >= 11 is 3.11. The minimum absolute atomic E-state index is 0.0804. The highest BCUT2D eigenvalue weighted by Gasteiger charge is 2.23. The minimum Gasteiger partial charge on any atom is -0.389 e. The number of methoxy groups -OCH3 is 1. The summed E-state index contributed by atoms with van der Waals surface area (Å²) in [5, 5.41) is 45.2. The fourth-order valence-electron chi connectivity index (χ4n) is 3.02. The number of anilines is 1. The molecule has 2 N–H and O–H groups in total. The molecule has 0 aliphatic heterocycles. The lowest BCUT2D eigenvalue weighted by molar-refractivity contribution is -0.393. The molecule has 166 valence electrons. The number of fused-ring (bicyclic) bond motifs is 1. The van der Waals surface area contributed by atoms with E-state index in [1.54, 1.807) is 12.1 Å². The van der Waals surface area contributed by atoms with Crippen LogP contribution in [0.15, 0.2) is 63.2 Å². The van der Waals surface area contributed by atoms with Crippen LogP contribution in [0.3, 0.4) is 0 Å². The average Bonchev–Trinajstić information content (AvgIpc) is 2.76. The standard InChI is InChI=1S/C20H18BrN5O6/c1-32-11-13(27)10-22-17-6-7-18(15-5-3-2-4-14(15)17)23-24-20-16(21)8-12(25(28)29)9-19(20)26(30)31/h2-9,13,22,27H,10-11H2,1H3/b24-23+. The van der Waals surface area contributed by atoms with Crippen molar-refractivity contribution in [1.82, 2.24) is 0 Å². The van der Waals surface area contributed by atoms with Crippen LogP contribution in [0, 0.1) is 20.2 Å². The van der Waals surface area contributed by atoms with Crippen molar-refractivity contribution in [2.75, 3.05) is 25.6 Å². The Morgan fingerprint density at radius 1 is 1.09 bits per heavy atom. The Hall–Kier alpha value is -3.48. The van der Waals surface area contributed by atoms with Gasteiger partial charge in [0.25, 0.3) is 5.69 Å². The number of azo groups is 1. The SMILES string of the molecule is COCC(O)CNc1ccc(/N=N/c2c(Br)cc([N+](=O)[O-])cc2[N+](=O)[O-])c2ccccc12. The van der Waals surface area contributed by atoms with E-state index in [-0.39, 0.29) is 23.3 Å². The van der Waals surface area contributed by atoms with E-state index in [0.29, 0.717) is 5.69 Å². The molecule has 0 heterocycles. The number of nitro benzene ring substituents is 2. The zero-order chi connectivity index (χ0) is 23.3. The van der Waals surface area contributed by atoms with Crippen molar-refractivity contribution >= 4 is 55.1 Å². The Kier molecular flexibility index (Phi) is 7.41. The Bertz CT molecular complexity index is 1200. The summed E-state index contributed by atoms with van der Waals surface area (Å²) in [4.78, 5) is 21.0. The topological polar surface area (TPSA) is 152 Å². The van der Waals surface area contributed by atoms with Crippen LogP contribution in [0.4, 0.5) is 28.4 Å². The summed E-state index contributed by atoms with van der Waals surface area (Å²) in [5.41, 5.74) is 0.110. The fourth-order valence-corrected chi connectivity index (χ4v) is 3.54. The minimum atomic E-state index is -0.747. The monoisotopic (exact) mass is 503 g/mol. The third-order valence-electron chi connectivity index (χ3n) is 4.48. The van der Waals surface area contributed by atoms with E-state index < -0.39 is 27.3 Å². The number of benzene rings is 3. The molecular formula is C20H18BrN5O6. The Labute approximate surface area is 190 Å². The summed E-state index contributed by atoms with van der Waals surface area (Å²) in [6.07, 6.45) is -0.682. The van der Waals surface area contributed by atoms with Gasteiger partial charge in [-0.2, -0.15) is 0 Å². The molecule has 1 unspecified atom stereocenters. The van der Waals surface area contributed by atoms with Gasteiger partial charge in [0.15, 0.2) is 5.69 Å². The van der Waals surface area contributed by atoms with Gasteiger partial charge in [0, 0.05) is 36.2 Å². The van der Waals surface area contributed by atoms with Gasteiger partial charge in [-0.3, -0.25) is 20.2 Å². The third kappa shape index (κ3) is 5.22. The van der Waals surface area contributed by atoms with Gasteiger partial charge >= 0.3 is 5.69 Å². The van der Waals surface area contributed by atoms with E-state index in [0.717, 1.165) is 28.6 Å². The van der Waals surface area contributed by atoms with Crippen LogP contribution >= 0.6 is 15.9 Å². The number of nitrogens with zero attached hydrogens (tertiary/aromatic N) is 4. The molecule has 3 aromatic carbocycles. The Balaban J connectivity index is 1.99. The van der Waals surface area contributed by atoms with Crippen molar-refractivity contribution in [3.05, 3.63) is 73.2 Å². The van der Waals surface area contributed by atoms with Crippen LogP contribution in [-0.2, 0) is 4.74 Å². The summed E-state index contributed by atoms with van der Waals surface area (Å²) in [6, 6.07) is 12.8. The highest BCUT2D eigenvalue weighted by Crippen LogP contribution is 2.40. The third-order valence-corrected chi connectivity index (χ3v) is 5.09. The number of halogens is 1. The molecule has 0 saturated carbocycles. The van der Waals surface area contributed by atoms with Gasteiger partial charge in [-0.05, 0) is 28.1 Å². The van der Waals surface area contributed by atoms with Crippen LogP contribution < -0.4 is 5.32 Å². The summed E-state index contributed by atoms with van der Waals surface area (Å²) in [5.74, 6) is 0. The van der Waals surface area contributed by atoms with Crippen molar-refractivity contribution in [1.29, 1.82) is 0 Å². The van der Waals surface area contributed by atoms with Crippen LogP contribution in [-0.4, -0.2) is 41.3 Å². The van der Waals surface area contributed by atoms with Crippen molar-refractivity contribution in [3.8, 4) is 0 Å². The molecule has 3 aromatic rings. The highest BCUT2D eigenvalue weighted by atomic mass is 79.9. The van der Waals surface area contributed by atoms with Gasteiger partial charge < -0.3 is 15.2 Å². The molecule has 11 nitrogen and oxygen atoms in total. The first-order chi connectivity index (χ1) is 15.3. The lowest BCUT2D eigenvalue weighted by Crippen LogP contribution is -2.24. The number of nitrogens with one attached hydrogen (secondary N) is 1. The van der Waals surface area contributed by atoms with Gasteiger partial charge in [-0.1, -0.05) is 24.3 Å². The molecule has 32 heavy (non-hydrogen) atoms. The van der Waals surface area contributed by atoms with E-state index in [1.807, 2.05) is 24.3 Å². The maximum Gasteiger partial charge on any atom is 0.304 e. The number of aliphatic hydroxyl groups excluding tert-OH is 1. The zero-order valence-corrected chi connectivity index (χ0v) is 18.4. The van der Waals surface area contributed by atoms with Crippen LogP contribution in [0.25, 0.3) is 10.8 Å². The van der Waals surface area contributed by atoms with E-state index in [1.165, 1.54) is 7.11 Å². The Morgan fingerprint density at radius 3 is 2.47 bits per heavy atom. The first-order valence-corrected chi connectivity index (χ1v) is 10.1. The van der Waals surface area contributed by atoms with Gasteiger partial charge in [-0.15, -0.1) is 10.2 Å². The van der Waals surface area contributed by atoms with Crippen LogP contribution in [0.5, 0.6) is 0 Å². The summed E-state index contributed by atoms with van der Waals surface area (Å²) < 4.78 is 5.00. The van der Waals surface area contributed by atoms with Crippen LogP contribution in [0.1, 0.15) is 0 Å². The molecule has 12 heteroatoms. The zero-order valence-electron chi connectivity index (χ0n) is 16.8. The number of hydrogen-bond acceptors (Lipinski definition) is 9. The van der Waals surface area contributed by atoms with E-state index in [4.69, 9.17) is 4.74 Å². The molecular weight excluding hydrogens is 486 g/mol. The molecule has 3 rings (SSSR count). The van der Waals surface area contributed by atoms with Crippen molar-refractivity contribution in [3.63, 3.8) is 0 Å². The molecule has 0 radical (unpaired) electrons. The second kappa shape index (κ2) is 10.2. The number of non-ortho nitro benzene ring substituents is 1. The molecule has 0 aliphatic carbocycles. The first-order valence-electron chi connectivity index (χ1n) is 9.28. The maximum absolute atomic E-state index is 11.4. The number of ether oxygens (including phenoxy) is 1. The Morgan fingerprint density at radius 2 is 1.81 bits per heavy atom. The molecule has 0 saturated heterocycles. The predicted octanol–water partition coefficient (Wildman–Crippen LogP) is 5.25. The van der Waals surface area contributed by atoms with Crippen molar-refractivity contribution in [2.45, 2.75) is 6.10 Å². The van der Waals surface area contributed by atoms with Crippen molar-refractivity contribution < 1.29 is 19.7 Å². The largest absolute Gasteiger partial charge is 0.389 e. The number of rotatable bonds is 9. The van der Waals surface area contributed by atoms with Gasteiger partial charge in [0.2, 0.25) is 0 Å². The normalized spacial score (nSPS) is 12.2. The second-order valence-electron chi connectivity index (χ2n) is 6.68. The second-order valence-corrected chi connectivity index (χ2v) is 7.53. The molecule has 0 aliphatic rings. The number of nitro groups is 2. The summed E-state index contributed by atoms with van der Waals surface area (Å²) in [6.45, 7) is 0.473. The highest BCUT2D eigenvalue weighted by molar-refractivity contribution is 9.10. The molecule has 0 aromatic heterocycles. The lowest BCUT2D eigenvalue weighted by Gasteiger charge is -2.14. The van der Waals surface area contributed by atoms with Crippen molar-refractivity contribution in [2.24, 2.45) is 10.2 Å². The maximum atomic E-state index is 11.4. The molecule has 0 amide bonds. The van der Waals surface area contributed by atoms with Gasteiger partial charge in [0.1, 0.15) is 0 Å². The quantitative estimate of drug-likeness (QED) is 0.229. The summed E-state index contributed by atoms with van der Waals surface area (Å²) in [7, 11) is 1.51. The van der Waals surface area contributed by atoms with Gasteiger partial charge in [-0.25, -0.2) is 0 Å². The van der Waals surface area contributed by atoms with E-state index in [9.17, 15) is 25.3 Å². The first kappa shape index (κ1) is 23.2. The van der Waals surface area contributed by atoms with E-state index in [2.05, 4.69) is 31.5 Å². The molecule has 0 fully saturated rings. The number of aliphatic hydroxyl groups is 1.